The molecular formula is C21H21FN6O4S. The van der Waals surface area contributed by atoms with Crippen LogP contribution in [0, 0.1) is 15.9 Å². The van der Waals surface area contributed by atoms with Crippen molar-refractivity contribution in [2.24, 2.45) is 7.05 Å². The van der Waals surface area contributed by atoms with Crippen LogP contribution in [0.15, 0.2) is 53.7 Å². The van der Waals surface area contributed by atoms with Crippen LogP contribution in [0.1, 0.15) is 19.2 Å². The first-order valence-corrected chi connectivity index (χ1v) is 10.8. The highest BCUT2D eigenvalue weighted by atomic mass is 32.2. The van der Waals surface area contributed by atoms with E-state index >= 15 is 0 Å². The molecule has 1 aromatic heterocycles. The minimum Gasteiger partial charge on any atom is -0.326 e. The number of hydrogen-bond acceptors (Lipinski definition) is 7. The van der Waals surface area contributed by atoms with E-state index in [1.54, 1.807) is 11.6 Å². The van der Waals surface area contributed by atoms with E-state index in [9.17, 15) is 24.1 Å². The van der Waals surface area contributed by atoms with Crippen LogP contribution in [0.3, 0.4) is 0 Å². The van der Waals surface area contributed by atoms with Gasteiger partial charge in [0, 0.05) is 30.6 Å². The Balaban J connectivity index is 1.60. The molecule has 10 nitrogen and oxygen atoms in total. The predicted octanol–water partition coefficient (Wildman–Crippen LogP) is 3.55. The number of amides is 2. The lowest BCUT2D eigenvalue weighted by Gasteiger charge is -2.14. The molecule has 0 aliphatic heterocycles. The van der Waals surface area contributed by atoms with Crippen LogP contribution in [0.4, 0.5) is 21.5 Å². The molecule has 2 aromatic carbocycles. The van der Waals surface area contributed by atoms with E-state index in [0.29, 0.717) is 28.8 Å². The highest BCUT2D eigenvalue weighted by Gasteiger charge is 2.22. The molecule has 0 aliphatic rings. The number of halogens is 1. The third-order valence-electron chi connectivity index (χ3n) is 4.63. The number of thioether (sulfide) groups is 1. The van der Waals surface area contributed by atoms with Crippen molar-refractivity contribution in [2.45, 2.75) is 30.2 Å². The number of nitrogens with zero attached hydrogens (tertiary/aromatic N) is 4. The maximum Gasteiger partial charge on any atom is 0.269 e. The fourth-order valence-electron chi connectivity index (χ4n) is 2.82. The zero-order valence-corrected chi connectivity index (χ0v) is 18.6. The van der Waals surface area contributed by atoms with Gasteiger partial charge in [-0.1, -0.05) is 18.7 Å². The summed E-state index contributed by atoms with van der Waals surface area (Å²) in [5.41, 5.74) is 0.845. The Bertz CT molecular complexity index is 1150. The molecule has 33 heavy (non-hydrogen) atoms. The first-order valence-electron chi connectivity index (χ1n) is 9.92. The molecule has 3 rings (SSSR count). The summed E-state index contributed by atoms with van der Waals surface area (Å²) in [5, 5.41) is 24.3. The summed E-state index contributed by atoms with van der Waals surface area (Å²) in [6, 6.07) is 11.0. The van der Waals surface area contributed by atoms with Crippen molar-refractivity contribution in [1.82, 2.24) is 14.8 Å². The van der Waals surface area contributed by atoms with Crippen molar-refractivity contribution < 1.29 is 18.9 Å². The second kappa shape index (κ2) is 10.7. The molecule has 2 amide bonds. The highest BCUT2D eigenvalue weighted by molar-refractivity contribution is 8.00. The molecule has 1 atom stereocenters. The maximum atomic E-state index is 13.0. The van der Waals surface area contributed by atoms with Gasteiger partial charge in [-0.3, -0.25) is 19.7 Å². The zero-order valence-electron chi connectivity index (χ0n) is 17.8. The fourth-order valence-corrected chi connectivity index (χ4v) is 3.76. The van der Waals surface area contributed by atoms with Gasteiger partial charge in [-0.05, 0) is 42.8 Å². The van der Waals surface area contributed by atoms with Crippen LogP contribution in [-0.4, -0.2) is 36.8 Å². The molecule has 0 unspecified atom stereocenters. The van der Waals surface area contributed by atoms with Crippen LogP contribution in [0.25, 0.3) is 0 Å². The average Bonchev–Trinajstić information content (AvgIpc) is 3.12. The summed E-state index contributed by atoms with van der Waals surface area (Å²) < 4.78 is 14.6. The molecule has 172 valence electrons. The Morgan fingerprint density at radius 1 is 1.09 bits per heavy atom. The SMILES string of the molecule is CC[C@H](Sc1nnc(CC(=O)Nc2ccc(F)cc2)n1C)C(=O)Nc1ccc([N+](=O)[O-])cc1. The Hall–Kier alpha value is -3.80. The Morgan fingerprint density at radius 2 is 1.70 bits per heavy atom. The number of rotatable bonds is 9. The van der Waals surface area contributed by atoms with Crippen molar-refractivity contribution in [3.05, 3.63) is 70.3 Å². The topological polar surface area (TPSA) is 132 Å². The van der Waals surface area contributed by atoms with Gasteiger partial charge in [0.2, 0.25) is 11.8 Å². The lowest BCUT2D eigenvalue weighted by molar-refractivity contribution is -0.384. The van der Waals surface area contributed by atoms with Gasteiger partial charge in [0.15, 0.2) is 5.16 Å². The normalized spacial score (nSPS) is 11.6. The third-order valence-corrected chi connectivity index (χ3v) is 6.03. The number of nitro benzene ring substituents is 1. The van der Waals surface area contributed by atoms with Crippen molar-refractivity contribution in [2.75, 3.05) is 10.6 Å². The second-order valence-electron chi connectivity index (χ2n) is 7.00. The smallest absolute Gasteiger partial charge is 0.269 e. The molecule has 0 fully saturated rings. The molecule has 0 aliphatic carbocycles. The van der Waals surface area contributed by atoms with E-state index in [1.807, 2.05) is 6.92 Å². The van der Waals surface area contributed by atoms with E-state index in [1.165, 1.54) is 60.3 Å². The number of aromatic nitrogens is 3. The molecule has 0 spiro atoms. The average molecular weight is 473 g/mol. The molecule has 12 heteroatoms. The standard InChI is InChI=1S/C21H21FN6O4S/c1-3-17(20(30)24-15-8-10-16(11-9-15)28(31)32)33-21-26-25-18(27(21)2)12-19(29)23-14-6-4-13(22)5-7-14/h4-11,17H,3,12H2,1-2H3,(H,23,29)(H,24,30)/t17-/m0/s1. The van der Waals surface area contributed by atoms with Crippen LogP contribution in [0.5, 0.6) is 0 Å². The summed E-state index contributed by atoms with van der Waals surface area (Å²) >= 11 is 1.20. The molecule has 2 N–H and O–H groups in total. The number of carbonyl (C=O) groups is 2. The summed E-state index contributed by atoms with van der Waals surface area (Å²) in [7, 11) is 1.70. The van der Waals surface area contributed by atoms with Gasteiger partial charge in [0.1, 0.15) is 11.6 Å². The number of carbonyl (C=O) groups excluding carboxylic acids is 2. The summed E-state index contributed by atoms with van der Waals surface area (Å²) in [5.74, 6) is -0.611. The monoisotopic (exact) mass is 472 g/mol. The molecule has 3 aromatic rings. The molecular weight excluding hydrogens is 451 g/mol. The largest absolute Gasteiger partial charge is 0.326 e. The van der Waals surface area contributed by atoms with Gasteiger partial charge >= 0.3 is 0 Å². The second-order valence-corrected chi connectivity index (χ2v) is 8.17. The number of nitrogens with one attached hydrogen (secondary N) is 2. The van der Waals surface area contributed by atoms with E-state index in [2.05, 4.69) is 20.8 Å². The van der Waals surface area contributed by atoms with Gasteiger partial charge in [-0.2, -0.15) is 0 Å². The quantitative estimate of drug-likeness (QED) is 0.276. The first kappa shape index (κ1) is 23.9. The highest BCUT2D eigenvalue weighted by Crippen LogP contribution is 2.26. The van der Waals surface area contributed by atoms with Gasteiger partial charge in [0.05, 0.1) is 16.6 Å². The van der Waals surface area contributed by atoms with Crippen LogP contribution < -0.4 is 10.6 Å². The molecule has 0 bridgehead atoms. The van der Waals surface area contributed by atoms with E-state index in [0.717, 1.165) is 0 Å². The number of anilines is 2. The Morgan fingerprint density at radius 3 is 2.30 bits per heavy atom. The first-order chi connectivity index (χ1) is 15.8. The number of hydrogen-bond donors (Lipinski definition) is 2. The summed E-state index contributed by atoms with van der Waals surface area (Å²) in [4.78, 5) is 35.2. The van der Waals surface area contributed by atoms with E-state index in [4.69, 9.17) is 0 Å². The lowest BCUT2D eigenvalue weighted by Crippen LogP contribution is -2.25. The van der Waals surface area contributed by atoms with Gasteiger partial charge in [-0.15, -0.1) is 10.2 Å². The van der Waals surface area contributed by atoms with E-state index < -0.39 is 16.0 Å². The number of benzene rings is 2. The minimum absolute atomic E-state index is 0.0484. The predicted molar refractivity (Wildman–Crippen MR) is 121 cm³/mol. The number of nitro groups is 1. The van der Waals surface area contributed by atoms with Gasteiger partial charge in [0.25, 0.3) is 5.69 Å². The fraction of sp³-hybridized carbons (Fsp3) is 0.238. The third kappa shape index (κ3) is 6.35. The van der Waals surface area contributed by atoms with Gasteiger partial charge < -0.3 is 15.2 Å². The van der Waals surface area contributed by atoms with Crippen molar-refractivity contribution in [3.63, 3.8) is 0 Å². The van der Waals surface area contributed by atoms with Crippen molar-refractivity contribution in [3.8, 4) is 0 Å². The zero-order chi connectivity index (χ0) is 24.0. The molecule has 0 saturated heterocycles. The molecule has 0 radical (unpaired) electrons. The minimum atomic E-state index is -0.512. The van der Waals surface area contributed by atoms with Crippen LogP contribution in [0.2, 0.25) is 0 Å². The van der Waals surface area contributed by atoms with E-state index in [-0.39, 0.29) is 23.9 Å². The maximum absolute atomic E-state index is 13.0. The molecule has 1 heterocycles. The van der Waals surface area contributed by atoms with Crippen molar-refractivity contribution >= 4 is 40.6 Å². The number of non-ortho nitro benzene ring substituents is 1. The van der Waals surface area contributed by atoms with Crippen LogP contribution >= 0.6 is 11.8 Å². The van der Waals surface area contributed by atoms with Gasteiger partial charge in [-0.25, -0.2) is 4.39 Å². The van der Waals surface area contributed by atoms with Crippen LogP contribution in [-0.2, 0) is 23.1 Å². The summed E-state index contributed by atoms with van der Waals surface area (Å²) in [6.07, 6.45) is 0.448. The Kier molecular flexibility index (Phi) is 7.72. The Labute approximate surface area is 192 Å². The summed E-state index contributed by atoms with van der Waals surface area (Å²) in [6.45, 7) is 1.85. The lowest BCUT2D eigenvalue weighted by atomic mass is 10.2. The molecule has 0 saturated carbocycles. The van der Waals surface area contributed by atoms with Crippen molar-refractivity contribution in [1.29, 1.82) is 0 Å².